The van der Waals surface area contributed by atoms with Gasteiger partial charge in [-0.1, -0.05) is 19.4 Å². The van der Waals surface area contributed by atoms with Crippen molar-refractivity contribution in [1.29, 1.82) is 0 Å². The summed E-state index contributed by atoms with van der Waals surface area (Å²) in [4.78, 5) is 22.2. The summed E-state index contributed by atoms with van der Waals surface area (Å²) in [5, 5.41) is 3.45. The minimum absolute atomic E-state index is 0.249. The average molecular weight is 367 g/mol. The van der Waals surface area contributed by atoms with E-state index in [0.29, 0.717) is 17.4 Å². The molecule has 0 radical (unpaired) electrons. The van der Waals surface area contributed by atoms with Gasteiger partial charge >= 0.3 is 0 Å². The first-order valence-electron chi connectivity index (χ1n) is 8.66. The van der Waals surface area contributed by atoms with Gasteiger partial charge in [-0.25, -0.2) is 4.98 Å². The summed E-state index contributed by atoms with van der Waals surface area (Å²) in [5.41, 5.74) is 2.31. The third-order valence-corrected chi connectivity index (χ3v) is 4.76. The van der Waals surface area contributed by atoms with Gasteiger partial charge in [-0.2, -0.15) is 0 Å². The molecule has 0 aliphatic heterocycles. The number of nitrogens with zero attached hydrogens (tertiary/aromatic N) is 2. The molecular formula is C20H21N3O2S. The number of amides is 1. The molecule has 0 saturated carbocycles. The van der Waals surface area contributed by atoms with Crippen LogP contribution in [-0.4, -0.2) is 22.5 Å². The molecule has 0 aliphatic carbocycles. The van der Waals surface area contributed by atoms with Crippen molar-refractivity contribution in [3.05, 3.63) is 59.2 Å². The highest BCUT2D eigenvalue weighted by Crippen LogP contribution is 2.33. The highest BCUT2D eigenvalue weighted by atomic mass is 32.1. The topological polar surface area (TPSA) is 64.1 Å². The maximum atomic E-state index is 12.3. The van der Waals surface area contributed by atoms with Crippen LogP contribution in [0, 0.1) is 0 Å². The van der Waals surface area contributed by atoms with Crippen molar-refractivity contribution in [2.75, 3.05) is 11.9 Å². The molecule has 0 atom stereocenters. The average Bonchev–Trinajstić information content (AvgIpc) is 3.06. The van der Waals surface area contributed by atoms with E-state index in [-0.39, 0.29) is 5.91 Å². The number of nitrogens with one attached hydrogen (secondary N) is 1. The van der Waals surface area contributed by atoms with Crippen LogP contribution in [-0.2, 0) is 6.42 Å². The standard InChI is InChI=1S/C20H21N3O2S/c1-3-7-17-18(14-9-11-15(12-10-14)25-4-2)22-20(26-17)23-19(24)16-8-5-6-13-21-16/h5-6,8-13H,3-4,7H2,1-2H3,(H,22,23,24). The zero-order valence-electron chi connectivity index (χ0n) is 14.9. The molecule has 0 aliphatic rings. The first-order valence-corrected chi connectivity index (χ1v) is 9.48. The lowest BCUT2D eigenvalue weighted by atomic mass is 10.1. The number of hydrogen-bond acceptors (Lipinski definition) is 5. The van der Waals surface area contributed by atoms with Gasteiger partial charge in [0.2, 0.25) is 0 Å². The number of aryl methyl sites for hydroxylation is 1. The van der Waals surface area contributed by atoms with Crippen LogP contribution in [0.5, 0.6) is 5.75 Å². The fourth-order valence-electron chi connectivity index (χ4n) is 2.56. The number of anilines is 1. The molecule has 0 unspecified atom stereocenters. The predicted molar refractivity (Wildman–Crippen MR) is 105 cm³/mol. The molecule has 0 spiro atoms. The number of hydrogen-bond donors (Lipinski definition) is 1. The van der Waals surface area contributed by atoms with Crippen LogP contribution >= 0.6 is 11.3 Å². The Morgan fingerprint density at radius 3 is 2.62 bits per heavy atom. The third kappa shape index (κ3) is 4.26. The van der Waals surface area contributed by atoms with E-state index in [1.165, 1.54) is 11.3 Å². The summed E-state index contributed by atoms with van der Waals surface area (Å²) in [6, 6.07) is 13.2. The molecule has 6 heteroatoms. The van der Waals surface area contributed by atoms with E-state index >= 15 is 0 Å². The van der Waals surface area contributed by atoms with Crippen molar-refractivity contribution in [3.8, 4) is 17.0 Å². The Kier molecular flexibility index (Phi) is 5.96. The first-order chi connectivity index (χ1) is 12.7. The minimum Gasteiger partial charge on any atom is -0.494 e. The fraction of sp³-hybridized carbons (Fsp3) is 0.250. The maximum Gasteiger partial charge on any atom is 0.276 e. The molecule has 0 saturated heterocycles. The molecule has 2 aromatic heterocycles. The zero-order chi connectivity index (χ0) is 18.4. The van der Waals surface area contributed by atoms with Crippen LogP contribution in [0.4, 0.5) is 5.13 Å². The second kappa shape index (κ2) is 8.58. The van der Waals surface area contributed by atoms with Crippen LogP contribution in [0.25, 0.3) is 11.3 Å². The Morgan fingerprint density at radius 1 is 1.15 bits per heavy atom. The fourth-order valence-corrected chi connectivity index (χ4v) is 3.64. The Hall–Kier alpha value is -2.73. The number of rotatable bonds is 7. The van der Waals surface area contributed by atoms with Gasteiger partial charge in [0, 0.05) is 16.6 Å². The highest BCUT2D eigenvalue weighted by molar-refractivity contribution is 7.16. The third-order valence-electron chi connectivity index (χ3n) is 3.73. The van der Waals surface area contributed by atoms with Crippen LogP contribution in [0.15, 0.2) is 48.7 Å². The van der Waals surface area contributed by atoms with Gasteiger partial charge in [0.05, 0.1) is 12.3 Å². The van der Waals surface area contributed by atoms with E-state index in [9.17, 15) is 4.79 Å². The van der Waals surface area contributed by atoms with Gasteiger partial charge < -0.3 is 4.74 Å². The molecule has 1 amide bonds. The Morgan fingerprint density at radius 2 is 1.96 bits per heavy atom. The molecule has 134 valence electrons. The second-order valence-corrected chi connectivity index (χ2v) is 6.75. The lowest BCUT2D eigenvalue weighted by Gasteiger charge is -2.05. The van der Waals surface area contributed by atoms with E-state index < -0.39 is 0 Å². The number of benzene rings is 1. The van der Waals surface area contributed by atoms with E-state index in [2.05, 4.69) is 22.2 Å². The highest BCUT2D eigenvalue weighted by Gasteiger charge is 2.15. The molecule has 0 bridgehead atoms. The number of carbonyl (C=O) groups is 1. The molecular weight excluding hydrogens is 346 g/mol. The predicted octanol–water partition coefficient (Wildman–Crippen LogP) is 4.81. The molecule has 3 rings (SSSR count). The minimum atomic E-state index is -0.249. The number of aromatic nitrogens is 2. The molecule has 26 heavy (non-hydrogen) atoms. The van der Waals surface area contributed by atoms with Gasteiger partial charge in [0.25, 0.3) is 5.91 Å². The monoisotopic (exact) mass is 367 g/mol. The van der Waals surface area contributed by atoms with Crippen LogP contribution in [0.3, 0.4) is 0 Å². The number of thiazole rings is 1. The van der Waals surface area contributed by atoms with E-state index in [1.807, 2.05) is 31.2 Å². The van der Waals surface area contributed by atoms with Crippen molar-refractivity contribution in [2.45, 2.75) is 26.7 Å². The van der Waals surface area contributed by atoms with Gasteiger partial charge in [-0.05, 0) is 49.7 Å². The Balaban J connectivity index is 1.85. The number of pyridine rings is 1. The largest absolute Gasteiger partial charge is 0.494 e. The summed E-state index contributed by atoms with van der Waals surface area (Å²) >= 11 is 1.51. The lowest BCUT2D eigenvalue weighted by Crippen LogP contribution is -2.13. The van der Waals surface area contributed by atoms with Crippen LogP contribution < -0.4 is 10.1 Å². The lowest BCUT2D eigenvalue weighted by molar-refractivity contribution is 0.102. The summed E-state index contributed by atoms with van der Waals surface area (Å²) in [7, 11) is 0. The van der Waals surface area contributed by atoms with Crippen molar-refractivity contribution >= 4 is 22.4 Å². The van der Waals surface area contributed by atoms with E-state index in [1.54, 1.807) is 24.4 Å². The van der Waals surface area contributed by atoms with Gasteiger partial charge in [0.1, 0.15) is 11.4 Å². The molecule has 3 aromatic rings. The molecule has 2 heterocycles. The van der Waals surface area contributed by atoms with Gasteiger partial charge in [-0.3, -0.25) is 15.1 Å². The quantitative estimate of drug-likeness (QED) is 0.651. The molecule has 5 nitrogen and oxygen atoms in total. The van der Waals surface area contributed by atoms with E-state index in [0.717, 1.165) is 34.7 Å². The van der Waals surface area contributed by atoms with Gasteiger partial charge in [0.15, 0.2) is 5.13 Å². The molecule has 1 N–H and O–H groups in total. The Bertz CT molecular complexity index is 861. The first kappa shape index (κ1) is 18.1. The normalized spacial score (nSPS) is 10.5. The zero-order valence-corrected chi connectivity index (χ0v) is 15.7. The maximum absolute atomic E-state index is 12.3. The molecule has 1 aromatic carbocycles. The number of carbonyl (C=O) groups excluding carboxylic acids is 1. The summed E-state index contributed by atoms with van der Waals surface area (Å²) in [6.07, 6.45) is 3.53. The second-order valence-electron chi connectivity index (χ2n) is 5.67. The SMILES string of the molecule is CCCc1sc(NC(=O)c2ccccn2)nc1-c1ccc(OCC)cc1. The molecule has 0 fully saturated rings. The Labute approximate surface area is 157 Å². The van der Waals surface area contributed by atoms with Crippen LogP contribution in [0.1, 0.15) is 35.6 Å². The number of ether oxygens (including phenoxy) is 1. The summed E-state index contributed by atoms with van der Waals surface area (Å²) < 4.78 is 5.50. The summed E-state index contributed by atoms with van der Waals surface area (Å²) in [5.74, 6) is 0.591. The van der Waals surface area contributed by atoms with Crippen molar-refractivity contribution in [2.24, 2.45) is 0 Å². The van der Waals surface area contributed by atoms with Crippen LogP contribution in [0.2, 0.25) is 0 Å². The van der Waals surface area contributed by atoms with Crippen molar-refractivity contribution in [1.82, 2.24) is 9.97 Å². The smallest absolute Gasteiger partial charge is 0.276 e. The van der Waals surface area contributed by atoms with E-state index in [4.69, 9.17) is 4.74 Å². The van der Waals surface area contributed by atoms with Gasteiger partial charge in [-0.15, -0.1) is 11.3 Å². The van der Waals surface area contributed by atoms with Crippen molar-refractivity contribution < 1.29 is 9.53 Å². The summed E-state index contributed by atoms with van der Waals surface area (Å²) in [6.45, 7) is 4.74. The van der Waals surface area contributed by atoms with Crippen molar-refractivity contribution in [3.63, 3.8) is 0 Å².